The Kier molecular flexibility index (Phi) is 7.00. The van der Waals surface area contributed by atoms with Crippen LogP contribution in [0.3, 0.4) is 0 Å². The van der Waals surface area contributed by atoms with Gasteiger partial charge in [-0.1, -0.05) is 25.1 Å². The van der Waals surface area contributed by atoms with Crippen molar-refractivity contribution >= 4 is 51.5 Å². The van der Waals surface area contributed by atoms with Crippen LogP contribution in [-0.4, -0.2) is 34.9 Å². The second-order valence-electron chi connectivity index (χ2n) is 10.8. The second-order valence-corrected chi connectivity index (χ2v) is 11.9. The molecule has 3 fully saturated rings. The van der Waals surface area contributed by atoms with Crippen molar-refractivity contribution in [3.8, 4) is 11.5 Å². The van der Waals surface area contributed by atoms with E-state index in [9.17, 15) is 19.8 Å². The van der Waals surface area contributed by atoms with Crippen molar-refractivity contribution in [2.45, 2.75) is 38.1 Å². The molecule has 3 aromatic carbocycles. The van der Waals surface area contributed by atoms with Gasteiger partial charge in [-0.2, -0.15) is 0 Å². The van der Waals surface area contributed by atoms with E-state index >= 15 is 0 Å². The Hall–Kier alpha value is -3.15. The molecule has 2 saturated heterocycles. The molecule has 9 heteroatoms. The highest BCUT2D eigenvalue weighted by molar-refractivity contribution is 14.1. The molecule has 208 valence electrons. The summed E-state index contributed by atoms with van der Waals surface area (Å²) in [5.41, 5.74) is 3.06. The van der Waals surface area contributed by atoms with Gasteiger partial charge in [-0.25, -0.2) is 0 Å². The molecule has 0 bridgehead atoms. The van der Waals surface area contributed by atoms with Crippen molar-refractivity contribution in [1.82, 2.24) is 0 Å². The zero-order valence-electron chi connectivity index (χ0n) is 22.2. The van der Waals surface area contributed by atoms with E-state index in [4.69, 9.17) is 9.47 Å². The van der Waals surface area contributed by atoms with Crippen LogP contribution in [0, 0.1) is 27.2 Å². The zero-order valence-corrected chi connectivity index (χ0v) is 24.4. The lowest BCUT2D eigenvalue weighted by molar-refractivity contribution is -0.269. The molecule has 0 radical (unpaired) electrons. The number of nitrogens with zero attached hydrogens (tertiary/aromatic N) is 1. The Labute approximate surface area is 246 Å². The predicted octanol–water partition coefficient (Wildman–Crippen LogP) is 5.75. The molecule has 1 saturated carbocycles. The molecular formula is C31H31IN2O6. The van der Waals surface area contributed by atoms with Crippen molar-refractivity contribution in [2.24, 2.45) is 23.7 Å². The van der Waals surface area contributed by atoms with E-state index in [0.29, 0.717) is 34.3 Å². The van der Waals surface area contributed by atoms with E-state index < -0.39 is 29.6 Å². The van der Waals surface area contributed by atoms with Crippen LogP contribution in [0.2, 0.25) is 0 Å². The number of hydrogen-bond acceptors (Lipinski definition) is 7. The number of hydrogen-bond donors (Lipinski definition) is 3. The minimum Gasteiger partial charge on any atom is -0.504 e. The second kappa shape index (κ2) is 10.4. The van der Waals surface area contributed by atoms with Crippen molar-refractivity contribution in [2.75, 3.05) is 17.3 Å². The van der Waals surface area contributed by atoms with Crippen LogP contribution in [0.1, 0.15) is 37.9 Å². The van der Waals surface area contributed by atoms with Crippen molar-refractivity contribution in [3.63, 3.8) is 0 Å². The molecule has 3 N–H and O–H groups in total. The number of anilines is 3. The molecule has 3 aromatic rings. The van der Waals surface area contributed by atoms with Crippen LogP contribution < -0.4 is 15.0 Å². The first-order chi connectivity index (χ1) is 19.2. The van der Waals surface area contributed by atoms with Gasteiger partial charge in [-0.3, -0.25) is 14.5 Å². The van der Waals surface area contributed by atoms with Crippen LogP contribution >= 0.6 is 22.6 Å². The average Bonchev–Trinajstić information content (AvgIpc) is 3.44. The minimum atomic E-state index is -1.54. The number of amides is 2. The molecule has 2 aliphatic heterocycles. The average molecular weight is 655 g/mol. The zero-order chi connectivity index (χ0) is 28.2. The van der Waals surface area contributed by atoms with Gasteiger partial charge in [-0.15, -0.1) is 0 Å². The van der Waals surface area contributed by atoms with Crippen LogP contribution in [0.15, 0.2) is 66.7 Å². The van der Waals surface area contributed by atoms with Crippen LogP contribution in [0.5, 0.6) is 11.5 Å². The molecule has 2 amide bonds. The summed E-state index contributed by atoms with van der Waals surface area (Å²) >= 11 is 2.03. The lowest BCUT2D eigenvalue weighted by atomic mass is 9.64. The number of phenolic OH excluding ortho intramolecular Hbond substituents is 1. The van der Waals surface area contributed by atoms with Crippen molar-refractivity contribution in [1.29, 1.82) is 0 Å². The number of imide groups is 1. The number of nitrogens with one attached hydrogen (secondary N) is 1. The van der Waals surface area contributed by atoms with Gasteiger partial charge < -0.3 is 25.0 Å². The van der Waals surface area contributed by atoms with E-state index in [0.717, 1.165) is 16.9 Å². The Morgan fingerprint density at radius 2 is 1.75 bits per heavy atom. The first kappa shape index (κ1) is 27.0. The molecule has 40 heavy (non-hydrogen) atoms. The molecule has 8 nitrogen and oxygen atoms in total. The number of aromatic hydroxyl groups is 1. The fraction of sp³-hybridized carbons (Fsp3) is 0.355. The molecule has 2 heterocycles. The highest BCUT2D eigenvalue weighted by Gasteiger charge is 2.66. The maximum atomic E-state index is 13.9. The Morgan fingerprint density at radius 3 is 2.42 bits per heavy atom. The van der Waals surface area contributed by atoms with Gasteiger partial charge in [-0.05, 0) is 95.9 Å². The Morgan fingerprint density at radius 1 is 1.05 bits per heavy atom. The quantitative estimate of drug-likeness (QED) is 0.230. The van der Waals surface area contributed by atoms with Crippen molar-refractivity contribution < 1.29 is 29.3 Å². The lowest BCUT2D eigenvalue weighted by Gasteiger charge is -2.44. The number of phenols is 1. The number of ether oxygens (including phenoxy) is 2. The summed E-state index contributed by atoms with van der Waals surface area (Å²) in [6, 6.07) is 20.5. The highest BCUT2D eigenvalue weighted by Crippen LogP contribution is 2.59. The number of methoxy groups -OCH3 is 1. The summed E-state index contributed by atoms with van der Waals surface area (Å²) in [7, 11) is 1.48. The summed E-state index contributed by atoms with van der Waals surface area (Å²) in [6.07, 6.45) is 0.864. The van der Waals surface area contributed by atoms with Gasteiger partial charge in [0, 0.05) is 23.2 Å². The van der Waals surface area contributed by atoms with Crippen LogP contribution in [0.4, 0.5) is 17.1 Å². The first-order valence-electron chi connectivity index (χ1n) is 13.5. The van der Waals surface area contributed by atoms with Crippen molar-refractivity contribution in [3.05, 3.63) is 75.9 Å². The number of carbonyl (C=O) groups excluding carboxylic acids is 2. The number of halogens is 1. The molecule has 6 atom stereocenters. The van der Waals surface area contributed by atoms with Gasteiger partial charge in [0.1, 0.15) is 0 Å². The van der Waals surface area contributed by atoms with Crippen LogP contribution in [-0.2, 0) is 14.3 Å². The van der Waals surface area contributed by atoms with Gasteiger partial charge in [0.25, 0.3) is 0 Å². The fourth-order valence-electron chi connectivity index (χ4n) is 6.73. The summed E-state index contributed by atoms with van der Waals surface area (Å²) in [6.45, 7) is 1.97. The molecule has 3 aliphatic rings. The number of rotatable bonds is 6. The molecular weight excluding hydrogens is 623 g/mol. The molecule has 0 unspecified atom stereocenters. The largest absolute Gasteiger partial charge is 0.504 e. The van der Waals surface area contributed by atoms with E-state index in [1.165, 1.54) is 12.0 Å². The fourth-order valence-corrected chi connectivity index (χ4v) is 7.35. The third-order valence-corrected chi connectivity index (χ3v) is 9.51. The lowest BCUT2D eigenvalue weighted by Crippen LogP contribution is -2.53. The van der Waals surface area contributed by atoms with Gasteiger partial charge >= 0.3 is 0 Å². The maximum Gasteiger partial charge on any atom is 0.238 e. The number of carbonyl (C=O) groups is 2. The van der Waals surface area contributed by atoms with Gasteiger partial charge in [0.05, 0.1) is 34.3 Å². The molecule has 6 rings (SSSR count). The summed E-state index contributed by atoms with van der Waals surface area (Å²) < 4.78 is 12.3. The number of benzene rings is 3. The Bertz CT molecular complexity index is 1450. The third kappa shape index (κ3) is 4.35. The van der Waals surface area contributed by atoms with E-state index in [-0.39, 0.29) is 23.5 Å². The third-order valence-electron chi connectivity index (χ3n) is 8.69. The summed E-state index contributed by atoms with van der Waals surface area (Å²) in [5.74, 6) is -3.71. The normalized spacial score (nSPS) is 29.3. The number of aliphatic hydroxyl groups is 1. The molecule has 0 aromatic heterocycles. The topological polar surface area (TPSA) is 108 Å². The molecule has 1 aliphatic carbocycles. The standard InChI is InChI=1S/C31H31IN2O6/c1-3-18-15-22-27(23-16-25(40-31(18,23)38)17-13-24(32)28(35)26(14-17)39-2)30(37)34(29(22)36)21-11-9-20(10-12-21)33-19-7-5-4-6-8-19/h4-14,18,22-23,25,27,33,35,38H,3,15-16H2,1-2H3/t18-,22-,23-,25-,27-,31+/m0/s1. The van der Waals surface area contributed by atoms with Gasteiger partial charge in [0.15, 0.2) is 17.3 Å². The van der Waals surface area contributed by atoms with E-state index in [1.54, 1.807) is 24.3 Å². The highest BCUT2D eigenvalue weighted by atomic mass is 127. The number of fused-ring (bicyclic) bond motifs is 3. The maximum absolute atomic E-state index is 13.9. The van der Waals surface area contributed by atoms with E-state index in [1.807, 2.05) is 72.0 Å². The monoisotopic (exact) mass is 654 g/mol. The SMILES string of the molecule is CC[C@H]1C[C@@H]2C(=O)N(c3ccc(Nc4ccccc4)cc3)C(=O)[C@@H]2[C@@H]2C[C@@H](c3cc(I)c(O)c(OC)c3)O[C@]12O. The predicted molar refractivity (Wildman–Crippen MR) is 158 cm³/mol. The minimum absolute atomic E-state index is 0.0460. The van der Waals surface area contributed by atoms with Crippen LogP contribution in [0.25, 0.3) is 0 Å². The number of para-hydroxylation sites is 1. The Balaban J connectivity index is 1.29. The first-order valence-corrected chi connectivity index (χ1v) is 14.6. The van der Waals surface area contributed by atoms with E-state index in [2.05, 4.69) is 5.32 Å². The smallest absolute Gasteiger partial charge is 0.238 e. The summed E-state index contributed by atoms with van der Waals surface area (Å²) in [4.78, 5) is 28.9. The summed E-state index contributed by atoms with van der Waals surface area (Å²) in [5, 5.41) is 25.6. The van der Waals surface area contributed by atoms with Gasteiger partial charge in [0.2, 0.25) is 11.8 Å². The molecule has 0 spiro atoms.